The second-order valence-corrected chi connectivity index (χ2v) is 9.21. The summed E-state index contributed by atoms with van der Waals surface area (Å²) in [7, 11) is 2.07. The van der Waals surface area contributed by atoms with E-state index in [2.05, 4.69) is 22.2 Å². The molecule has 2 amide bonds. The Labute approximate surface area is 198 Å². The summed E-state index contributed by atoms with van der Waals surface area (Å²) in [4.78, 5) is 33.6. The molecule has 4 rings (SSSR count). The highest BCUT2D eigenvalue weighted by molar-refractivity contribution is 7.09. The predicted octanol–water partition coefficient (Wildman–Crippen LogP) is 3.35. The largest absolute Gasteiger partial charge is 0.487 e. The number of carbonyl (C=O) groups is 2. The first-order chi connectivity index (χ1) is 16.0. The number of aryl methyl sites for hydroxylation is 1. The van der Waals surface area contributed by atoms with Crippen LogP contribution in [0.1, 0.15) is 37.0 Å². The molecule has 1 fully saturated rings. The monoisotopic (exact) mass is 464 g/mol. The van der Waals surface area contributed by atoms with Crippen LogP contribution in [0.2, 0.25) is 0 Å². The fraction of sp³-hybridized carbons (Fsp3) is 0.320. The van der Waals surface area contributed by atoms with Crippen LogP contribution < -0.4 is 10.1 Å². The molecule has 2 aromatic carbocycles. The van der Waals surface area contributed by atoms with E-state index in [1.807, 2.05) is 41.5 Å². The minimum atomic E-state index is -0.158. The molecule has 1 aliphatic rings. The van der Waals surface area contributed by atoms with Gasteiger partial charge in [-0.05, 0) is 55.9 Å². The third-order valence-electron chi connectivity index (χ3n) is 5.61. The Morgan fingerprint density at radius 2 is 1.67 bits per heavy atom. The highest BCUT2D eigenvalue weighted by atomic mass is 32.1. The van der Waals surface area contributed by atoms with Crippen LogP contribution >= 0.6 is 11.3 Å². The van der Waals surface area contributed by atoms with Crippen molar-refractivity contribution in [3.63, 3.8) is 0 Å². The fourth-order valence-electron chi connectivity index (χ4n) is 3.58. The average Bonchev–Trinajstić information content (AvgIpc) is 3.27. The first kappa shape index (κ1) is 22.9. The van der Waals surface area contributed by atoms with Crippen molar-refractivity contribution >= 4 is 23.2 Å². The molecular formula is C25H28N4O3S. The molecule has 7 nitrogen and oxygen atoms in total. The minimum absolute atomic E-state index is 0.0610. The van der Waals surface area contributed by atoms with Crippen LogP contribution in [-0.4, -0.2) is 59.8 Å². The lowest BCUT2D eigenvalue weighted by Gasteiger charge is -2.32. The highest BCUT2D eigenvalue weighted by Crippen LogP contribution is 2.16. The number of likely N-dealkylation sites (N-methyl/N-ethyl adjacent to an activating group) is 1. The van der Waals surface area contributed by atoms with Crippen LogP contribution in [0.25, 0.3) is 0 Å². The topological polar surface area (TPSA) is 74.8 Å². The number of hydrogen-bond acceptors (Lipinski definition) is 6. The van der Waals surface area contributed by atoms with E-state index < -0.39 is 0 Å². The van der Waals surface area contributed by atoms with Gasteiger partial charge in [-0.1, -0.05) is 12.1 Å². The van der Waals surface area contributed by atoms with Gasteiger partial charge in [0.05, 0.1) is 10.7 Å². The van der Waals surface area contributed by atoms with Crippen LogP contribution in [0.15, 0.2) is 53.9 Å². The average molecular weight is 465 g/mol. The van der Waals surface area contributed by atoms with Gasteiger partial charge in [-0.25, -0.2) is 4.98 Å². The Balaban J connectivity index is 1.25. The number of hydrogen-bond donors (Lipinski definition) is 1. The summed E-state index contributed by atoms with van der Waals surface area (Å²) >= 11 is 1.59. The van der Waals surface area contributed by atoms with E-state index in [1.165, 1.54) is 0 Å². The number of benzene rings is 2. The number of carbonyl (C=O) groups excluding carboxylic acids is 2. The van der Waals surface area contributed by atoms with Gasteiger partial charge in [0.1, 0.15) is 12.4 Å². The number of aromatic nitrogens is 1. The third kappa shape index (κ3) is 6.18. The molecule has 3 aromatic rings. The van der Waals surface area contributed by atoms with Crippen molar-refractivity contribution in [3.05, 3.63) is 81.3 Å². The molecule has 0 spiro atoms. The summed E-state index contributed by atoms with van der Waals surface area (Å²) in [6, 6.07) is 14.5. The van der Waals surface area contributed by atoms with Crippen LogP contribution in [0.3, 0.4) is 0 Å². The van der Waals surface area contributed by atoms with Gasteiger partial charge >= 0.3 is 0 Å². The Morgan fingerprint density at radius 3 is 2.30 bits per heavy atom. The van der Waals surface area contributed by atoms with Crippen molar-refractivity contribution in [1.82, 2.24) is 20.1 Å². The van der Waals surface area contributed by atoms with Crippen molar-refractivity contribution in [3.8, 4) is 5.75 Å². The van der Waals surface area contributed by atoms with Crippen molar-refractivity contribution in [2.45, 2.75) is 20.1 Å². The first-order valence-corrected chi connectivity index (χ1v) is 11.8. The summed E-state index contributed by atoms with van der Waals surface area (Å²) < 4.78 is 5.73. The molecule has 2 heterocycles. The number of piperazine rings is 1. The van der Waals surface area contributed by atoms with Crippen molar-refractivity contribution < 1.29 is 14.3 Å². The Kier molecular flexibility index (Phi) is 7.36. The lowest BCUT2D eigenvalue weighted by Crippen LogP contribution is -2.47. The van der Waals surface area contributed by atoms with Gasteiger partial charge in [0.25, 0.3) is 11.8 Å². The number of nitrogens with zero attached hydrogens (tertiary/aromatic N) is 3. The van der Waals surface area contributed by atoms with E-state index in [-0.39, 0.29) is 11.8 Å². The molecule has 0 radical (unpaired) electrons. The van der Waals surface area contributed by atoms with Crippen molar-refractivity contribution in [2.75, 3.05) is 33.2 Å². The summed E-state index contributed by atoms with van der Waals surface area (Å²) in [6.07, 6.45) is 0. The SMILES string of the molecule is Cc1nc(COc2ccc(C(=O)NCc3ccc(C(=O)N4CCN(C)CC4)cc3)cc2)cs1. The van der Waals surface area contributed by atoms with E-state index in [0.29, 0.717) is 30.0 Å². The quantitative estimate of drug-likeness (QED) is 0.581. The molecule has 1 aliphatic heterocycles. The molecule has 0 aliphatic carbocycles. The highest BCUT2D eigenvalue weighted by Gasteiger charge is 2.20. The van der Waals surface area contributed by atoms with E-state index in [4.69, 9.17) is 4.74 Å². The van der Waals surface area contributed by atoms with Gasteiger partial charge in [0.15, 0.2) is 0 Å². The number of amides is 2. The number of ether oxygens (including phenoxy) is 1. The van der Waals surface area contributed by atoms with Gasteiger partial charge in [-0.3, -0.25) is 9.59 Å². The zero-order chi connectivity index (χ0) is 23.2. The standard InChI is InChI=1S/C25H28N4O3S/c1-18-27-22(17-33-18)16-32-23-9-7-20(8-10-23)24(30)26-15-19-3-5-21(6-4-19)25(31)29-13-11-28(2)12-14-29/h3-10,17H,11-16H2,1-2H3,(H,26,30). The van der Waals surface area contributed by atoms with Gasteiger partial charge < -0.3 is 19.9 Å². The second kappa shape index (κ2) is 10.6. The Hall–Kier alpha value is -3.23. The van der Waals surface area contributed by atoms with Gasteiger partial charge in [-0.15, -0.1) is 11.3 Å². The predicted molar refractivity (Wildman–Crippen MR) is 129 cm³/mol. The van der Waals surface area contributed by atoms with E-state index in [0.717, 1.165) is 42.4 Å². The fourth-order valence-corrected chi connectivity index (χ4v) is 4.17. The molecule has 0 bridgehead atoms. The smallest absolute Gasteiger partial charge is 0.253 e. The summed E-state index contributed by atoms with van der Waals surface area (Å²) in [5.41, 5.74) is 3.08. The van der Waals surface area contributed by atoms with Crippen LogP contribution in [-0.2, 0) is 13.2 Å². The van der Waals surface area contributed by atoms with Crippen LogP contribution in [0.5, 0.6) is 5.75 Å². The van der Waals surface area contributed by atoms with Gasteiger partial charge in [-0.2, -0.15) is 0 Å². The molecule has 1 aromatic heterocycles. The number of rotatable bonds is 7. The van der Waals surface area contributed by atoms with E-state index in [9.17, 15) is 9.59 Å². The maximum Gasteiger partial charge on any atom is 0.253 e. The second-order valence-electron chi connectivity index (χ2n) is 8.15. The van der Waals surface area contributed by atoms with Crippen LogP contribution in [0, 0.1) is 6.92 Å². The normalized spacial score (nSPS) is 14.2. The lowest BCUT2D eigenvalue weighted by molar-refractivity contribution is 0.0664. The summed E-state index contributed by atoms with van der Waals surface area (Å²) in [5.74, 6) is 0.595. The minimum Gasteiger partial charge on any atom is -0.487 e. The maximum atomic E-state index is 12.6. The summed E-state index contributed by atoms with van der Waals surface area (Å²) in [6.45, 7) is 6.06. The van der Waals surface area contributed by atoms with E-state index >= 15 is 0 Å². The Bertz CT molecular complexity index is 1090. The maximum absolute atomic E-state index is 12.6. The molecule has 33 heavy (non-hydrogen) atoms. The lowest BCUT2D eigenvalue weighted by atomic mass is 10.1. The molecule has 1 saturated heterocycles. The number of thiazole rings is 1. The van der Waals surface area contributed by atoms with Gasteiger partial charge in [0.2, 0.25) is 0 Å². The third-order valence-corrected chi connectivity index (χ3v) is 6.44. The molecule has 172 valence electrons. The van der Waals surface area contributed by atoms with Crippen molar-refractivity contribution in [1.29, 1.82) is 0 Å². The molecule has 8 heteroatoms. The Morgan fingerprint density at radius 1 is 1.00 bits per heavy atom. The molecule has 0 atom stereocenters. The van der Waals surface area contributed by atoms with Crippen molar-refractivity contribution in [2.24, 2.45) is 0 Å². The first-order valence-electron chi connectivity index (χ1n) is 11.0. The van der Waals surface area contributed by atoms with E-state index in [1.54, 1.807) is 35.6 Å². The molecule has 0 saturated carbocycles. The zero-order valence-corrected chi connectivity index (χ0v) is 19.7. The molecule has 0 unspecified atom stereocenters. The molecule has 1 N–H and O–H groups in total. The zero-order valence-electron chi connectivity index (χ0n) is 18.9. The summed E-state index contributed by atoms with van der Waals surface area (Å²) in [5, 5.41) is 5.91. The molecular weight excluding hydrogens is 436 g/mol. The van der Waals surface area contributed by atoms with Gasteiger partial charge in [0, 0.05) is 49.2 Å². The van der Waals surface area contributed by atoms with Crippen LogP contribution in [0.4, 0.5) is 0 Å². The number of nitrogens with one attached hydrogen (secondary N) is 1.